The van der Waals surface area contributed by atoms with Crippen LogP contribution in [0.4, 0.5) is 0 Å². The van der Waals surface area contributed by atoms with Gasteiger partial charge in [-0.15, -0.1) is 6.42 Å². The fourth-order valence-electron chi connectivity index (χ4n) is 1.09. The van der Waals surface area contributed by atoms with Gasteiger partial charge < -0.3 is 4.74 Å². The number of terminal acetylenes is 1. The van der Waals surface area contributed by atoms with Crippen molar-refractivity contribution < 1.29 is 9.53 Å². The highest BCUT2D eigenvalue weighted by Gasteiger charge is 2.36. The first-order chi connectivity index (χ1) is 5.08. The van der Waals surface area contributed by atoms with Gasteiger partial charge in [0.05, 0.1) is 5.41 Å². The van der Waals surface area contributed by atoms with Crippen molar-refractivity contribution in [1.29, 1.82) is 0 Å². The van der Waals surface area contributed by atoms with Crippen LogP contribution in [0.3, 0.4) is 0 Å². The summed E-state index contributed by atoms with van der Waals surface area (Å²) in [6.07, 6.45) is 5.78. The number of rotatable bonds is 0. The number of carbonyl (C=O) groups is 1. The average Bonchev–Trinajstić information content (AvgIpc) is 1.98. The lowest BCUT2D eigenvalue weighted by Gasteiger charge is -2.33. The van der Waals surface area contributed by atoms with Gasteiger partial charge in [0.25, 0.3) is 0 Å². The highest BCUT2D eigenvalue weighted by Crippen LogP contribution is 2.33. The maximum atomic E-state index is 10.8. The fourth-order valence-corrected chi connectivity index (χ4v) is 1.09. The Labute approximate surface area is 66.9 Å². The molecule has 0 aromatic heterocycles. The van der Waals surface area contributed by atoms with Gasteiger partial charge in [-0.1, -0.05) is 12.8 Å². The molecule has 1 fully saturated rings. The quantitative estimate of drug-likeness (QED) is 0.385. The molecule has 0 aromatic rings. The number of ether oxygens (including phenoxy) is 1. The van der Waals surface area contributed by atoms with Crippen molar-refractivity contribution in [2.75, 3.05) is 6.61 Å². The van der Waals surface area contributed by atoms with Gasteiger partial charge >= 0.3 is 5.97 Å². The highest BCUT2D eigenvalue weighted by atomic mass is 16.5. The Bertz CT molecular complexity index is 214. The second-order valence-electron chi connectivity index (χ2n) is 3.33. The smallest absolute Gasteiger partial charge is 0.306 e. The molecule has 0 aliphatic carbocycles. The van der Waals surface area contributed by atoms with E-state index in [0.717, 1.165) is 0 Å². The van der Waals surface area contributed by atoms with Crippen molar-refractivity contribution in [3.8, 4) is 12.3 Å². The van der Waals surface area contributed by atoms with Crippen molar-refractivity contribution in [2.24, 2.45) is 11.3 Å². The summed E-state index contributed by atoms with van der Waals surface area (Å²) < 4.78 is 4.87. The van der Waals surface area contributed by atoms with Crippen LogP contribution in [0.5, 0.6) is 0 Å². The standard InChI is InChI=1S/C9H12O2/c1-4-9(3)6-11-8(10)5-7(9)2/h1,7H,5-6H2,2-3H3. The van der Waals surface area contributed by atoms with E-state index in [1.807, 2.05) is 13.8 Å². The molecule has 60 valence electrons. The van der Waals surface area contributed by atoms with Crippen LogP contribution >= 0.6 is 0 Å². The molecule has 0 amide bonds. The summed E-state index contributed by atoms with van der Waals surface area (Å²) in [5, 5.41) is 0. The van der Waals surface area contributed by atoms with Gasteiger partial charge in [-0.3, -0.25) is 4.79 Å². The van der Waals surface area contributed by atoms with Crippen LogP contribution in [0, 0.1) is 23.7 Å². The first kappa shape index (κ1) is 8.13. The molecule has 1 aliphatic heterocycles. The van der Waals surface area contributed by atoms with E-state index in [1.165, 1.54) is 0 Å². The van der Waals surface area contributed by atoms with E-state index in [9.17, 15) is 4.79 Å². The molecule has 1 aliphatic rings. The Morgan fingerprint density at radius 2 is 2.45 bits per heavy atom. The van der Waals surface area contributed by atoms with Crippen molar-refractivity contribution >= 4 is 5.97 Å². The van der Waals surface area contributed by atoms with Crippen molar-refractivity contribution in [3.63, 3.8) is 0 Å². The molecule has 11 heavy (non-hydrogen) atoms. The summed E-state index contributed by atoms with van der Waals surface area (Å²) in [5.74, 6) is 2.77. The lowest BCUT2D eigenvalue weighted by Crippen LogP contribution is -2.37. The predicted octanol–water partition coefficient (Wildman–Crippen LogP) is 1.21. The van der Waals surface area contributed by atoms with E-state index in [4.69, 9.17) is 11.2 Å². The van der Waals surface area contributed by atoms with Crippen LogP contribution < -0.4 is 0 Å². The Kier molecular flexibility index (Phi) is 1.90. The van der Waals surface area contributed by atoms with Crippen LogP contribution in [0.25, 0.3) is 0 Å². The number of esters is 1. The molecule has 2 unspecified atom stereocenters. The lowest BCUT2D eigenvalue weighted by molar-refractivity contribution is -0.155. The molecule has 2 atom stereocenters. The third-order valence-electron chi connectivity index (χ3n) is 2.42. The normalized spacial score (nSPS) is 37.5. The number of cyclic esters (lactones) is 1. The molecule has 0 N–H and O–H groups in total. The van der Waals surface area contributed by atoms with Gasteiger partial charge in [0.2, 0.25) is 0 Å². The summed E-state index contributed by atoms with van der Waals surface area (Å²) in [6.45, 7) is 4.30. The maximum Gasteiger partial charge on any atom is 0.306 e. The molecule has 1 rings (SSSR count). The zero-order chi connectivity index (χ0) is 8.48. The second-order valence-corrected chi connectivity index (χ2v) is 3.33. The first-order valence-electron chi connectivity index (χ1n) is 3.72. The Hall–Kier alpha value is -0.970. The highest BCUT2D eigenvalue weighted by molar-refractivity contribution is 5.70. The summed E-state index contributed by atoms with van der Waals surface area (Å²) >= 11 is 0. The van der Waals surface area contributed by atoms with E-state index in [1.54, 1.807) is 0 Å². The molecule has 2 heteroatoms. The molecular formula is C9H12O2. The van der Waals surface area contributed by atoms with E-state index >= 15 is 0 Å². The zero-order valence-corrected chi connectivity index (χ0v) is 6.89. The minimum Gasteiger partial charge on any atom is -0.464 e. The van der Waals surface area contributed by atoms with Gasteiger partial charge in [-0.2, -0.15) is 0 Å². The van der Waals surface area contributed by atoms with E-state index in [-0.39, 0.29) is 17.3 Å². The van der Waals surface area contributed by atoms with Gasteiger partial charge in [0, 0.05) is 6.42 Å². The largest absolute Gasteiger partial charge is 0.464 e. The fraction of sp³-hybridized carbons (Fsp3) is 0.667. The predicted molar refractivity (Wildman–Crippen MR) is 41.7 cm³/mol. The van der Waals surface area contributed by atoms with Crippen LogP contribution in [-0.2, 0) is 9.53 Å². The van der Waals surface area contributed by atoms with E-state index < -0.39 is 0 Å². The molecule has 0 radical (unpaired) electrons. The maximum absolute atomic E-state index is 10.8. The van der Waals surface area contributed by atoms with Crippen molar-refractivity contribution in [1.82, 2.24) is 0 Å². The third-order valence-corrected chi connectivity index (χ3v) is 2.42. The molecule has 0 saturated carbocycles. The van der Waals surface area contributed by atoms with Gasteiger partial charge in [0.15, 0.2) is 0 Å². The summed E-state index contributed by atoms with van der Waals surface area (Å²) in [6, 6.07) is 0. The van der Waals surface area contributed by atoms with Crippen LogP contribution in [0.2, 0.25) is 0 Å². The minimum atomic E-state index is -0.256. The van der Waals surface area contributed by atoms with Crippen LogP contribution in [0.1, 0.15) is 20.3 Å². The minimum absolute atomic E-state index is 0.134. The Balaban J connectivity index is 2.73. The zero-order valence-electron chi connectivity index (χ0n) is 6.89. The Morgan fingerprint density at radius 1 is 1.82 bits per heavy atom. The molecule has 0 bridgehead atoms. The van der Waals surface area contributed by atoms with Crippen LogP contribution in [0.15, 0.2) is 0 Å². The molecule has 1 heterocycles. The second kappa shape index (κ2) is 2.58. The lowest BCUT2D eigenvalue weighted by atomic mass is 9.76. The number of hydrogen-bond acceptors (Lipinski definition) is 2. The summed E-state index contributed by atoms with van der Waals surface area (Å²) in [4.78, 5) is 10.8. The summed E-state index contributed by atoms with van der Waals surface area (Å²) in [7, 11) is 0. The molecule has 0 spiro atoms. The summed E-state index contributed by atoms with van der Waals surface area (Å²) in [5.41, 5.74) is -0.256. The van der Waals surface area contributed by atoms with Crippen molar-refractivity contribution in [3.05, 3.63) is 0 Å². The van der Waals surface area contributed by atoms with Crippen molar-refractivity contribution in [2.45, 2.75) is 20.3 Å². The average molecular weight is 152 g/mol. The molecule has 0 aromatic carbocycles. The molecule has 1 saturated heterocycles. The first-order valence-corrected chi connectivity index (χ1v) is 3.72. The van der Waals surface area contributed by atoms with Gasteiger partial charge in [0.1, 0.15) is 6.61 Å². The van der Waals surface area contributed by atoms with Gasteiger partial charge in [-0.05, 0) is 12.8 Å². The molecule has 2 nitrogen and oxygen atoms in total. The monoisotopic (exact) mass is 152 g/mol. The SMILES string of the molecule is C#CC1(C)COC(=O)CC1C. The van der Waals surface area contributed by atoms with E-state index in [2.05, 4.69) is 5.92 Å². The van der Waals surface area contributed by atoms with Crippen LogP contribution in [-0.4, -0.2) is 12.6 Å². The molecular weight excluding hydrogens is 140 g/mol. The van der Waals surface area contributed by atoms with E-state index in [0.29, 0.717) is 13.0 Å². The number of carbonyl (C=O) groups excluding carboxylic acids is 1. The topological polar surface area (TPSA) is 26.3 Å². The van der Waals surface area contributed by atoms with Gasteiger partial charge in [-0.25, -0.2) is 0 Å². The third kappa shape index (κ3) is 1.37. The Morgan fingerprint density at radius 3 is 2.91 bits per heavy atom. The number of hydrogen-bond donors (Lipinski definition) is 0.